The Balaban J connectivity index is 2.32. The number of nitrogen functional groups attached to an aromatic ring is 1. The van der Waals surface area contributed by atoms with Crippen LogP contribution in [0.25, 0.3) is 0 Å². The number of nitrogens with one attached hydrogen (secondary N) is 1. The normalized spacial score (nSPS) is 10.2. The van der Waals surface area contributed by atoms with E-state index in [1.165, 1.54) is 5.56 Å². The average molecular weight is 252 g/mol. The Morgan fingerprint density at radius 2 is 2.11 bits per heavy atom. The molecule has 2 rings (SSSR count). The van der Waals surface area contributed by atoms with Crippen molar-refractivity contribution in [2.75, 3.05) is 11.1 Å². The van der Waals surface area contributed by atoms with Crippen LogP contribution in [-0.2, 0) is 0 Å². The van der Waals surface area contributed by atoms with Gasteiger partial charge < -0.3 is 11.1 Å². The van der Waals surface area contributed by atoms with Crippen LogP contribution in [0.4, 0.5) is 17.2 Å². The van der Waals surface area contributed by atoms with Crippen LogP contribution >= 0.6 is 0 Å². The first-order chi connectivity index (χ1) is 9.11. The maximum atomic E-state index is 8.94. The van der Waals surface area contributed by atoms with Crippen molar-refractivity contribution in [1.82, 2.24) is 4.98 Å². The third kappa shape index (κ3) is 2.83. The zero-order valence-corrected chi connectivity index (χ0v) is 11.0. The highest BCUT2D eigenvalue weighted by Crippen LogP contribution is 2.25. The Hall–Kier alpha value is -2.54. The highest BCUT2D eigenvalue weighted by molar-refractivity contribution is 5.73. The van der Waals surface area contributed by atoms with Crippen LogP contribution in [0.1, 0.15) is 30.9 Å². The van der Waals surface area contributed by atoms with Gasteiger partial charge in [0, 0.05) is 11.9 Å². The fourth-order valence-electron chi connectivity index (χ4n) is 1.78. The van der Waals surface area contributed by atoms with Gasteiger partial charge in [-0.05, 0) is 29.7 Å². The number of aromatic nitrogens is 1. The van der Waals surface area contributed by atoms with E-state index in [1.807, 2.05) is 18.2 Å². The number of rotatable bonds is 3. The fraction of sp³-hybridized carbons (Fsp3) is 0.200. The largest absolute Gasteiger partial charge is 0.395 e. The molecule has 0 saturated carbocycles. The van der Waals surface area contributed by atoms with Crippen LogP contribution in [0.2, 0.25) is 0 Å². The molecule has 0 amide bonds. The maximum absolute atomic E-state index is 8.94. The molecule has 4 heteroatoms. The Morgan fingerprint density at radius 1 is 1.32 bits per heavy atom. The van der Waals surface area contributed by atoms with Crippen molar-refractivity contribution in [2.45, 2.75) is 19.8 Å². The number of nitrogens with two attached hydrogens (primary N) is 1. The van der Waals surface area contributed by atoms with Crippen molar-refractivity contribution in [3.05, 3.63) is 47.7 Å². The van der Waals surface area contributed by atoms with Crippen molar-refractivity contribution >= 4 is 17.2 Å². The molecule has 4 nitrogen and oxygen atoms in total. The molecule has 0 spiro atoms. The monoisotopic (exact) mass is 252 g/mol. The number of benzene rings is 1. The van der Waals surface area contributed by atoms with Crippen LogP contribution < -0.4 is 11.1 Å². The highest BCUT2D eigenvalue weighted by atomic mass is 15.0. The lowest BCUT2D eigenvalue weighted by Gasteiger charge is -2.11. The van der Waals surface area contributed by atoms with Gasteiger partial charge in [0.1, 0.15) is 6.07 Å². The molecule has 1 aromatic heterocycles. The Morgan fingerprint density at radius 3 is 2.79 bits per heavy atom. The Labute approximate surface area is 112 Å². The van der Waals surface area contributed by atoms with E-state index in [1.54, 1.807) is 12.3 Å². The van der Waals surface area contributed by atoms with Gasteiger partial charge in [0.25, 0.3) is 0 Å². The fourth-order valence-corrected chi connectivity index (χ4v) is 1.78. The molecule has 3 N–H and O–H groups in total. The minimum absolute atomic E-state index is 0.375. The lowest BCUT2D eigenvalue weighted by atomic mass is 10.0. The van der Waals surface area contributed by atoms with Gasteiger partial charge in [-0.1, -0.05) is 26.0 Å². The zero-order chi connectivity index (χ0) is 13.8. The molecule has 0 aliphatic heterocycles. The molecular formula is C15H16N4. The smallest absolute Gasteiger partial charge is 0.154 e. The van der Waals surface area contributed by atoms with Gasteiger partial charge in [-0.3, -0.25) is 0 Å². The van der Waals surface area contributed by atoms with E-state index in [0.717, 1.165) is 5.69 Å². The van der Waals surface area contributed by atoms with Crippen LogP contribution in [0.5, 0.6) is 0 Å². The van der Waals surface area contributed by atoms with Crippen LogP contribution in [0.3, 0.4) is 0 Å². The minimum Gasteiger partial charge on any atom is -0.395 e. The predicted octanol–water partition coefficient (Wildman–Crippen LogP) is 3.40. The molecule has 2 aromatic rings. The topological polar surface area (TPSA) is 74.7 Å². The lowest BCUT2D eigenvalue weighted by Crippen LogP contribution is -2.01. The van der Waals surface area contributed by atoms with Gasteiger partial charge in [-0.2, -0.15) is 5.26 Å². The number of nitriles is 1. The summed E-state index contributed by atoms with van der Waals surface area (Å²) in [7, 11) is 0. The second kappa shape index (κ2) is 5.40. The summed E-state index contributed by atoms with van der Waals surface area (Å²) in [4.78, 5) is 4.17. The average Bonchev–Trinajstić information content (AvgIpc) is 2.41. The van der Waals surface area contributed by atoms with E-state index in [-0.39, 0.29) is 0 Å². The number of pyridine rings is 1. The standard InChI is InChI=1S/C15H16N4/c1-10(2)11-4-3-5-13(8-11)19-15-14(17)12(9-16)6-7-18-15/h3-8,10H,17H2,1-2H3,(H,18,19). The van der Waals surface area contributed by atoms with Crippen LogP contribution in [0.15, 0.2) is 36.5 Å². The van der Waals surface area contributed by atoms with Gasteiger partial charge in [-0.25, -0.2) is 4.98 Å². The summed E-state index contributed by atoms with van der Waals surface area (Å²) in [5, 5.41) is 12.1. The summed E-state index contributed by atoms with van der Waals surface area (Å²) in [6.07, 6.45) is 1.57. The molecule has 0 radical (unpaired) electrons. The van der Waals surface area contributed by atoms with Gasteiger partial charge in [0.2, 0.25) is 0 Å². The molecule has 0 aliphatic rings. The molecule has 96 valence electrons. The minimum atomic E-state index is 0.375. The van der Waals surface area contributed by atoms with Gasteiger partial charge in [0.15, 0.2) is 5.82 Å². The number of anilines is 3. The van der Waals surface area contributed by atoms with Crippen LogP contribution in [0, 0.1) is 11.3 Å². The molecule has 19 heavy (non-hydrogen) atoms. The van der Waals surface area contributed by atoms with E-state index in [4.69, 9.17) is 11.0 Å². The summed E-state index contributed by atoms with van der Waals surface area (Å²) in [6.45, 7) is 4.28. The van der Waals surface area contributed by atoms with Crippen molar-refractivity contribution in [2.24, 2.45) is 0 Å². The lowest BCUT2D eigenvalue weighted by molar-refractivity contribution is 0.867. The first kappa shape index (κ1) is 12.9. The molecular weight excluding hydrogens is 236 g/mol. The van der Waals surface area contributed by atoms with Crippen molar-refractivity contribution in [1.29, 1.82) is 5.26 Å². The van der Waals surface area contributed by atoms with Crippen molar-refractivity contribution in [3.8, 4) is 6.07 Å². The van der Waals surface area contributed by atoms with E-state index < -0.39 is 0 Å². The maximum Gasteiger partial charge on any atom is 0.154 e. The molecule has 0 bridgehead atoms. The summed E-state index contributed by atoms with van der Waals surface area (Å²) in [5.41, 5.74) is 8.85. The molecule has 0 aliphatic carbocycles. The summed E-state index contributed by atoms with van der Waals surface area (Å²) in [6, 6.07) is 11.7. The first-order valence-corrected chi connectivity index (χ1v) is 6.13. The van der Waals surface area contributed by atoms with E-state index in [9.17, 15) is 0 Å². The molecule has 1 aromatic carbocycles. The second-order valence-corrected chi connectivity index (χ2v) is 4.64. The second-order valence-electron chi connectivity index (χ2n) is 4.64. The van der Waals surface area contributed by atoms with E-state index in [2.05, 4.69) is 36.3 Å². The highest BCUT2D eigenvalue weighted by Gasteiger charge is 2.07. The molecule has 0 saturated heterocycles. The third-order valence-corrected chi connectivity index (χ3v) is 2.93. The predicted molar refractivity (Wildman–Crippen MR) is 77.2 cm³/mol. The first-order valence-electron chi connectivity index (χ1n) is 6.13. The van der Waals surface area contributed by atoms with Gasteiger partial charge in [-0.15, -0.1) is 0 Å². The van der Waals surface area contributed by atoms with Crippen LogP contribution in [-0.4, -0.2) is 4.98 Å². The SMILES string of the molecule is CC(C)c1cccc(Nc2nccc(C#N)c2N)c1. The number of nitrogens with zero attached hydrogens (tertiary/aromatic N) is 2. The zero-order valence-electron chi connectivity index (χ0n) is 11.0. The molecule has 0 fully saturated rings. The van der Waals surface area contributed by atoms with Crippen molar-refractivity contribution < 1.29 is 0 Å². The van der Waals surface area contributed by atoms with E-state index in [0.29, 0.717) is 23.0 Å². The third-order valence-electron chi connectivity index (χ3n) is 2.93. The van der Waals surface area contributed by atoms with E-state index >= 15 is 0 Å². The molecule has 0 unspecified atom stereocenters. The number of hydrogen-bond acceptors (Lipinski definition) is 4. The molecule has 1 heterocycles. The van der Waals surface area contributed by atoms with Gasteiger partial charge >= 0.3 is 0 Å². The Kier molecular flexibility index (Phi) is 3.67. The Bertz CT molecular complexity index is 626. The van der Waals surface area contributed by atoms with Crippen molar-refractivity contribution in [3.63, 3.8) is 0 Å². The summed E-state index contributed by atoms with van der Waals surface area (Å²) >= 11 is 0. The number of hydrogen-bond donors (Lipinski definition) is 2. The summed E-state index contributed by atoms with van der Waals surface area (Å²) < 4.78 is 0. The summed E-state index contributed by atoms with van der Waals surface area (Å²) in [5.74, 6) is 0.970. The molecule has 0 atom stereocenters. The quantitative estimate of drug-likeness (QED) is 0.877. The van der Waals surface area contributed by atoms with Gasteiger partial charge in [0.05, 0.1) is 11.3 Å².